The fraction of sp³-hybridized carbons (Fsp3) is 0.333. The quantitative estimate of drug-likeness (QED) is 0.494. The zero-order valence-electron chi connectivity index (χ0n) is 19.1. The number of carbonyl (C=O) groups is 2. The van der Waals surface area contributed by atoms with Gasteiger partial charge >= 0.3 is 0 Å². The van der Waals surface area contributed by atoms with Gasteiger partial charge in [0.1, 0.15) is 0 Å². The Morgan fingerprint density at radius 1 is 1.06 bits per heavy atom. The molecule has 0 saturated heterocycles. The first kappa shape index (κ1) is 23.5. The summed E-state index contributed by atoms with van der Waals surface area (Å²) < 4.78 is 1.93. The van der Waals surface area contributed by atoms with Crippen LogP contribution in [-0.4, -0.2) is 32.3 Å². The Kier molecular flexibility index (Phi) is 7.69. The van der Waals surface area contributed by atoms with E-state index in [0.717, 1.165) is 16.8 Å². The van der Waals surface area contributed by atoms with Gasteiger partial charge in [-0.05, 0) is 70.0 Å². The van der Waals surface area contributed by atoms with Crippen molar-refractivity contribution in [2.75, 3.05) is 11.1 Å². The second kappa shape index (κ2) is 10.5. The van der Waals surface area contributed by atoms with Crippen molar-refractivity contribution in [2.45, 2.75) is 52.4 Å². The smallest absolute Gasteiger partial charge is 0.251 e. The van der Waals surface area contributed by atoms with Gasteiger partial charge in [-0.3, -0.25) is 9.59 Å². The number of rotatable bonds is 8. The van der Waals surface area contributed by atoms with Gasteiger partial charge in [0.15, 0.2) is 11.0 Å². The van der Waals surface area contributed by atoms with Gasteiger partial charge in [0, 0.05) is 17.8 Å². The van der Waals surface area contributed by atoms with Gasteiger partial charge in [-0.2, -0.15) is 0 Å². The number of anilines is 1. The van der Waals surface area contributed by atoms with E-state index in [9.17, 15) is 9.59 Å². The van der Waals surface area contributed by atoms with Crippen molar-refractivity contribution in [1.29, 1.82) is 0 Å². The highest BCUT2D eigenvalue weighted by atomic mass is 32.2. The van der Waals surface area contributed by atoms with E-state index in [0.29, 0.717) is 23.1 Å². The molecule has 0 saturated carbocycles. The van der Waals surface area contributed by atoms with Gasteiger partial charge < -0.3 is 15.2 Å². The molecule has 0 bridgehead atoms. The van der Waals surface area contributed by atoms with Crippen LogP contribution in [0.2, 0.25) is 0 Å². The van der Waals surface area contributed by atoms with E-state index in [-0.39, 0.29) is 23.6 Å². The Balaban J connectivity index is 1.62. The fourth-order valence-electron chi connectivity index (χ4n) is 3.30. The molecule has 8 heteroatoms. The van der Waals surface area contributed by atoms with Gasteiger partial charge in [0.05, 0.1) is 11.8 Å². The molecule has 0 spiro atoms. The Morgan fingerprint density at radius 3 is 2.53 bits per heavy atom. The van der Waals surface area contributed by atoms with Crippen LogP contribution in [0.4, 0.5) is 5.69 Å². The standard InChI is InChI=1S/C24H29N5O2S/c1-6-29-22(18(5)25-23(31)19-9-7-8-15(2)12-19)27-28-24(29)32-14-21(30)26-20-11-10-16(3)17(4)13-20/h7-13,18H,6,14H2,1-5H3,(H,25,31)(H,26,30)/t18-/m0/s1. The molecule has 0 aliphatic rings. The van der Waals surface area contributed by atoms with Crippen molar-refractivity contribution in [2.24, 2.45) is 0 Å². The number of aryl methyl sites for hydroxylation is 3. The maximum Gasteiger partial charge on any atom is 0.251 e. The molecular weight excluding hydrogens is 422 g/mol. The number of hydrogen-bond donors (Lipinski definition) is 2. The minimum Gasteiger partial charge on any atom is -0.342 e. The zero-order valence-corrected chi connectivity index (χ0v) is 19.9. The van der Waals surface area contributed by atoms with Crippen LogP contribution >= 0.6 is 11.8 Å². The highest BCUT2D eigenvalue weighted by Crippen LogP contribution is 2.22. The first-order valence-corrected chi connectivity index (χ1v) is 11.6. The SMILES string of the molecule is CCn1c(SCC(=O)Nc2ccc(C)c(C)c2)nnc1[C@H](C)NC(=O)c1cccc(C)c1. The predicted octanol–water partition coefficient (Wildman–Crippen LogP) is 4.45. The molecule has 168 valence electrons. The van der Waals surface area contributed by atoms with Gasteiger partial charge in [0.25, 0.3) is 5.91 Å². The molecule has 3 aromatic rings. The lowest BCUT2D eigenvalue weighted by atomic mass is 10.1. The van der Waals surface area contributed by atoms with E-state index in [2.05, 4.69) is 20.8 Å². The van der Waals surface area contributed by atoms with Crippen LogP contribution < -0.4 is 10.6 Å². The van der Waals surface area contributed by atoms with Crippen LogP contribution in [-0.2, 0) is 11.3 Å². The van der Waals surface area contributed by atoms with Crippen molar-refractivity contribution in [3.05, 3.63) is 70.5 Å². The van der Waals surface area contributed by atoms with Crippen molar-refractivity contribution >= 4 is 29.3 Å². The molecule has 32 heavy (non-hydrogen) atoms. The summed E-state index contributed by atoms with van der Waals surface area (Å²) in [4.78, 5) is 25.0. The fourth-order valence-corrected chi connectivity index (χ4v) is 4.11. The number of aromatic nitrogens is 3. The average molecular weight is 452 g/mol. The molecule has 3 rings (SSSR count). The van der Waals surface area contributed by atoms with Gasteiger partial charge in [-0.1, -0.05) is 35.5 Å². The third-order valence-electron chi connectivity index (χ3n) is 5.20. The Bertz CT molecular complexity index is 1130. The summed E-state index contributed by atoms with van der Waals surface area (Å²) >= 11 is 1.33. The second-order valence-electron chi connectivity index (χ2n) is 7.79. The maximum atomic E-state index is 12.6. The Labute approximate surface area is 193 Å². The number of amides is 2. The molecule has 2 amide bonds. The summed E-state index contributed by atoms with van der Waals surface area (Å²) in [6.07, 6.45) is 0. The molecule has 0 fully saturated rings. The molecular formula is C24H29N5O2S. The van der Waals surface area contributed by atoms with Crippen LogP contribution in [0, 0.1) is 20.8 Å². The summed E-state index contributed by atoms with van der Waals surface area (Å²) in [5.74, 6) is 0.611. The number of benzene rings is 2. The third-order valence-corrected chi connectivity index (χ3v) is 6.17. The number of nitrogens with zero attached hydrogens (tertiary/aromatic N) is 3. The van der Waals surface area contributed by atoms with Crippen molar-refractivity contribution in [1.82, 2.24) is 20.1 Å². The first-order valence-electron chi connectivity index (χ1n) is 10.6. The van der Waals surface area contributed by atoms with E-state index in [1.807, 2.05) is 75.6 Å². The molecule has 1 aromatic heterocycles. The molecule has 0 radical (unpaired) electrons. The molecule has 7 nitrogen and oxygen atoms in total. The lowest BCUT2D eigenvalue weighted by Gasteiger charge is -2.15. The molecule has 0 unspecified atom stereocenters. The van der Waals surface area contributed by atoms with E-state index in [4.69, 9.17) is 0 Å². The van der Waals surface area contributed by atoms with Crippen LogP contribution in [0.3, 0.4) is 0 Å². The minimum atomic E-state index is -0.325. The van der Waals surface area contributed by atoms with Crippen LogP contribution in [0.25, 0.3) is 0 Å². The number of hydrogen-bond acceptors (Lipinski definition) is 5. The van der Waals surface area contributed by atoms with Crippen LogP contribution in [0.1, 0.15) is 52.8 Å². The normalized spacial score (nSPS) is 11.8. The maximum absolute atomic E-state index is 12.6. The van der Waals surface area contributed by atoms with E-state index >= 15 is 0 Å². The first-order chi connectivity index (χ1) is 15.3. The monoisotopic (exact) mass is 451 g/mol. The van der Waals surface area contributed by atoms with E-state index < -0.39 is 0 Å². The third kappa shape index (κ3) is 5.76. The second-order valence-corrected chi connectivity index (χ2v) is 8.73. The van der Waals surface area contributed by atoms with Crippen LogP contribution in [0.15, 0.2) is 47.6 Å². The summed E-state index contributed by atoms with van der Waals surface area (Å²) in [5, 5.41) is 15.1. The highest BCUT2D eigenvalue weighted by molar-refractivity contribution is 7.99. The largest absolute Gasteiger partial charge is 0.342 e. The summed E-state index contributed by atoms with van der Waals surface area (Å²) in [5.41, 5.74) is 4.73. The highest BCUT2D eigenvalue weighted by Gasteiger charge is 2.20. The Morgan fingerprint density at radius 2 is 1.84 bits per heavy atom. The molecule has 1 heterocycles. The molecule has 2 N–H and O–H groups in total. The predicted molar refractivity (Wildman–Crippen MR) is 128 cm³/mol. The summed E-state index contributed by atoms with van der Waals surface area (Å²) in [6, 6.07) is 13.0. The summed E-state index contributed by atoms with van der Waals surface area (Å²) in [6.45, 7) is 10.5. The number of thioether (sulfide) groups is 1. The molecule has 2 aromatic carbocycles. The minimum absolute atomic E-state index is 0.105. The van der Waals surface area contributed by atoms with Crippen molar-refractivity contribution < 1.29 is 9.59 Å². The molecule has 1 atom stereocenters. The van der Waals surface area contributed by atoms with Crippen LogP contribution in [0.5, 0.6) is 0 Å². The van der Waals surface area contributed by atoms with E-state index in [1.165, 1.54) is 17.3 Å². The number of nitrogens with one attached hydrogen (secondary N) is 2. The lowest BCUT2D eigenvalue weighted by molar-refractivity contribution is -0.113. The Hall–Kier alpha value is -3.13. The van der Waals surface area contributed by atoms with E-state index in [1.54, 1.807) is 6.07 Å². The van der Waals surface area contributed by atoms with Crippen molar-refractivity contribution in [3.8, 4) is 0 Å². The number of carbonyl (C=O) groups excluding carboxylic acids is 2. The average Bonchev–Trinajstić information content (AvgIpc) is 3.18. The molecule has 0 aliphatic heterocycles. The van der Waals surface area contributed by atoms with Gasteiger partial charge in [-0.25, -0.2) is 0 Å². The van der Waals surface area contributed by atoms with Gasteiger partial charge in [-0.15, -0.1) is 10.2 Å². The van der Waals surface area contributed by atoms with Crippen molar-refractivity contribution in [3.63, 3.8) is 0 Å². The zero-order chi connectivity index (χ0) is 23.3. The topological polar surface area (TPSA) is 88.9 Å². The lowest BCUT2D eigenvalue weighted by Crippen LogP contribution is -2.28. The van der Waals surface area contributed by atoms with Gasteiger partial charge in [0.2, 0.25) is 5.91 Å². The summed E-state index contributed by atoms with van der Waals surface area (Å²) in [7, 11) is 0. The molecule has 0 aliphatic carbocycles.